The molecule has 0 fully saturated rings. The van der Waals surface area contributed by atoms with Crippen molar-refractivity contribution in [2.24, 2.45) is 11.8 Å². The van der Waals surface area contributed by atoms with Gasteiger partial charge in [0.25, 0.3) is 17.7 Å². The number of nitrogens with zero attached hydrogens (tertiary/aromatic N) is 3. The van der Waals surface area contributed by atoms with E-state index in [1.807, 2.05) is 27.7 Å². The lowest BCUT2D eigenvalue weighted by atomic mass is 10.0. The largest absolute Gasteiger partial charge is 0.446 e. The van der Waals surface area contributed by atoms with E-state index in [1.54, 1.807) is 17.7 Å². The van der Waals surface area contributed by atoms with Crippen LogP contribution in [0.1, 0.15) is 100 Å². The molecule has 0 radical (unpaired) electrons. The normalized spacial score (nSPS) is 21.6. The summed E-state index contributed by atoms with van der Waals surface area (Å²) in [6, 6.07) is -1.39. The van der Waals surface area contributed by atoms with E-state index in [0.29, 0.717) is 10.0 Å². The molecule has 10 nitrogen and oxygen atoms in total. The van der Waals surface area contributed by atoms with Crippen LogP contribution in [0.25, 0.3) is 0 Å². The summed E-state index contributed by atoms with van der Waals surface area (Å²) in [5.74, 6) is -0.968. The lowest BCUT2D eigenvalue weighted by Gasteiger charge is -2.20. The molecule has 0 aromatic carbocycles. The molecular formula is C22H26N6O4S2. The van der Waals surface area contributed by atoms with Crippen molar-refractivity contribution in [3.05, 3.63) is 50.0 Å². The molecule has 6 bridgehead atoms. The fraction of sp³-hybridized carbons (Fsp3) is 0.455. The van der Waals surface area contributed by atoms with Crippen LogP contribution in [-0.4, -0.2) is 32.7 Å². The lowest BCUT2D eigenvalue weighted by molar-refractivity contribution is 0.0910. The summed E-state index contributed by atoms with van der Waals surface area (Å²) in [5, 5.41) is 13.3. The quantitative estimate of drug-likeness (QED) is 0.486. The molecule has 12 heteroatoms. The van der Waals surface area contributed by atoms with Gasteiger partial charge >= 0.3 is 0 Å². The summed E-state index contributed by atoms with van der Waals surface area (Å²) in [6.07, 6.45) is 1.27. The van der Waals surface area contributed by atoms with Crippen LogP contribution in [0.4, 0.5) is 0 Å². The minimum atomic E-state index is -0.558. The molecule has 3 unspecified atom stereocenters. The molecule has 180 valence electrons. The number of hydrogen-bond acceptors (Lipinski definition) is 9. The molecule has 4 heterocycles. The fourth-order valence-electron chi connectivity index (χ4n) is 3.45. The topological polar surface area (TPSA) is 139 Å². The van der Waals surface area contributed by atoms with E-state index < -0.39 is 29.9 Å². The Morgan fingerprint density at radius 3 is 1.91 bits per heavy atom. The first-order valence-electron chi connectivity index (χ1n) is 10.9. The Morgan fingerprint density at radius 2 is 1.29 bits per heavy atom. The molecule has 34 heavy (non-hydrogen) atoms. The molecule has 0 saturated heterocycles. The van der Waals surface area contributed by atoms with Crippen molar-refractivity contribution < 1.29 is 18.8 Å². The first kappa shape index (κ1) is 24.0. The molecule has 4 rings (SSSR count). The van der Waals surface area contributed by atoms with Crippen molar-refractivity contribution in [1.82, 2.24) is 30.9 Å². The summed E-state index contributed by atoms with van der Waals surface area (Å²) in [5.41, 5.74) is 0.583. The number of carbonyl (C=O) groups excluding carboxylic acids is 3. The minimum absolute atomic E-state index is 0.0297. The number of hydrogen-bond donors (Lipinski definition) is 3. The van der Waals surface area contributed by atoms with Crippen molar-refractivity contribution in [2.45, 2.75) is 52.7 Å². The van der Waals surface area contributed by atoms with E-state index in [-0.39, 0.29) is 40.7 Å². The van der Waals surface area contributed by atoms with Crippen LogP contribution in [0.2, 0.25) is 0 Å². The third kappa shape index (κ3) is 4.87. The SMILES string of the molecule is CC1NC(=O)c2coc(n2)C(C(C)C)NC(=O)c2csc(n2)C(C(C)C)NC(=O)c2csc1n2. The Hall–Kier alpha value is -3.12. The number of oxazole rings is 1. The fourth-order valence-corrected chi connectivity index (χ4v) is 5.28. The van der Waals surface area contributed by atoms with Gasteiger partial charge in [0.05, 0.1) is 12.1 Å². The first-order chi connectivity index (χ1) is 16.1. The van der Waals surface area contributed by atoms with Crippen LogP contribution in [-0.2, 0) is 0 Å². The maximum atomic E-state index is 13.0. The summed E-state index contributed by atoms with van der Waals surface area (Å²) >= 11 is 2.59. The van der Waals surface area contributed by atoms with Crippen LogP contribution in [0.15, 0.2) is 21.4 Å². The van der Waals surface area contributed by atoms with Gasteiger partial charge in [-0.05, 0) is 18.8 Å². The van der Waals surface area contributed by atoms with Gasteiger partial charge in [-0.1, -0.05) is 27.7 Å². The lowest BCUT2D eigenvalue weighted by Crippen LogP contribution is -2.34. The van der Waals surface area contributed by atoms with E-state index in [2.05, 4.69) is 30.9 Å². The van der Waals surface area contributed by atoms with Gasteiger partial charge in [-0.15, -0.1) is 22.7 Å². The number of rotatable bonds is 2. The van der Waals surface area contributed by atoms with Gasteiger partial charge in [-0.25, -0.2) is 15.0 Å². The van der Waals surface area contributed by atoms with Crippen molar-refractivity contribution in [1.29, 1.82) is 0 Å². The maximum Gasteiger partial charge on any atom is 0.273 e. The highest BCUT2D eigenvalue weighted by atomic mass is 32.1. The zero-order valence-corrected chi connectivity index (χ0v) is 21.0. The van der Waals surface area contributed by atoms with Crippen LogP contribution in [0.3, 0.4) is 0 Å². The second kappa shape index (κ2) is 9.63. The van der Waals surface area contributed by atoms with Gasteiger partial charge in [0.2, 0.25) is 5.89 Å². The molecule has 0 aliphatic carbocycles. The third-order valence-electron chi connectivity index (χ3n) is 5.42. The number of aromatic nitrogens is 3. The molecule has 3 atom stereocenters. The third-order valence-corrected chi connectivity index (χ3v) is 7.38. The molecule has 3 aromatic heterocycles. The van der Waals surface area contributed by atoms with E-state index in [4.69, 9.17) is 4.42 Å². The van der Waals surface area contributed by atoms with E-state index in [1.165, 1.54) is 28.9 Å². The molecule has 3 amide bonds. The predicted molar refractivity (Wildman–Crippen MR) is 127 cm³/mol. The van der Waals surface area contributed by atoms with Crippen LogP contribution in [0, 0.1) is 11.8 Å². The Morgan fingerprint density at radius 1 is 0.765 bits per heavy atom. The minimum Gasteiger partial charge on any atom is -0.446 e. The van der Waals surface area contributed by atoms with Crippen molar-refractivity contribution in [2.75, 3.05) is 0 Å². The average molecular weight is 503 g/mol. The van der Waals surface area contributed by atoms with Gasteiger partial charge in [0, 0.05) is 10.8 Å². The average Bonchev–Trinajstić information content (AvgIpc) is 3.54. The Bertz CT molecular complexity index is 1210. The van der Waals surface area contributed by atoms with Gasteiger partial charge < -0.3 is 20.4 Å². The highest BCUT2D eigenvalue weighted by Gasteiger charge is 2.29. The van der Waals surface area contributed by atoms with Crippen molar-refractivity contribution in [3.8, 4) is 0 Å². The molecule has 1 aliphatic rings. The van der Waals surface area contributed by atoms with Crippen LogP contribution < -0.4 is 16.0 Å². The number of carbonyl (C=O) groups is 3. The number of thiazole rings is 2. The number of fused-ring (bicyclic) bond motifs is 6. The van der Waals surface area contributed by atoms with E-state index in [0.717, 1.165) is 0 Å². The van der Waals surface area contributed by atoms with Crippen LogP contribution >= 0.6 is 22.7 Å². The zero-order chi connectivity index (χ0) is 24.6. The second-order valence-corrected chi connectivity index (χ2v) is 10.6. The highest BCUT2D eigenvalue weighted by Crippen LogP contribution is 2.28. The molecular weight excluding hydrogens is 476 g/mol. The molecule has 0 spiro atoms. The van der Waals surface area contributed by atoms with Gasteiger partial charge in [0.1, 0.15) is 33.7 Å². The van der Waals surface area contributed by atoms with E-state index in [9.17, 15) is 14.4 Å². The number of nitrogens with one attached hydrogen (secondary N) is 3. The molecule has 0 saturated carbocycles. The first-order valence-corrected chi connectivity index (χ1v) is 12.7. The Kier molecular flexibility index (Phi) is 6.80. The molecule has 1 aliphatic heterocycles. The summed E-state index contributed by atoms with van der Waals surface area (Å²) in [6.45, 7) is 9.55. The number of amides is 3. The summed E-state index contributed by atoms with van der Waals surface area (Å²) in [7, 11) is 0. The monoisotopic (exact) mass is 502 g/mol. The standard InChI is InChI=1S/C22H26N6O4S2/c1-9(2)15-20-24-12(6-32-20)17(29)23-11(5)21-25-13(7-33-21)19(31)28-16(10(3)4)22-26-14(8-34-22)18(30)27-15/h6-11,15-16H,1-5H3,(H,23,29)(H,27,30)(H,28,31). The molecule has 3 aromatic rings. The Labute approximate surface area is 204 Å². The van der Waals surface area contributed by atoms with Gasteiger partial charge in [-0.3, -0.25) is 14.4 Å². The maximum absolute atomic E-state index is 13.0. The summed E-state index contributed by atoms with van der Waals surface area (Å²) < 4.78 is 5.56. The van der Waals surface area contributed by atoms with Crippen molar-refractivity contribution in [3.63, 3.8) is 0 Å². The summed E-state index contributed by atoms with van der Waals surface area (Å²) in [4.78, 5) is 51.9. The predicted octanol–water partition coefficient (Wildman–Crippen LogP) is 3.65. The van der Waals surface area contributed by atoms with E-state index >= 15 is 0 Å². The highest BCUT2D eigenvalue weighted by molar-refractivity contribution is 7.10. The zero-order valence-electron chi connectivity index (χ0n) is 19.4. The van der Waals surface area contributed by atoms with Gasteiger partial charge in [-0.2, -0.15) is 0 Å². The van der Waals surface area contributed by atoms with Crippen molar-refractivity contribution >= 4 is 40.4 Å². The second-order valence-electron chi connectivity index (χ2n) is 8.80. The Balaban J connectivity index is 1.75. The van der Waals surface area contributed by atoms with Crippen LogP contribution in [0.5, 0.6) is 0 Å². The van der Waals surface area contributed by atoms with Gasteiger partial charge in [0.15, 0.2) is 5.69 Å². The smallest absolute Gasteiger partial charge is 0.273 e. The molecule has 3 N–H and O–H groups in total.